The molecule has 0 saturated carbocycles. The van der Waals surface area contributed by atoms with Gasteiger partial charge in [0.15, 0.2) is 11.5 Å². The van der Waals surface area contributed by atoms with Crippen LogP contribution in [-0.2, 0) is 16.2 Å². The normalized spacial score (nSPS) is 14.9. The molecule has 1 heterocycles. The lowest BCUT2D eigenvalue weighted by molar-refractivity contribution is -0.127. The highest BCUT2D eigenvalue weighted by atomic mass is 35.5. The van der Waals surface area contributed by atoms with E-state index in [1.807, 2.05) is 6.92 Å². The number of nitrogens with two attached hydrogens (primary N) is 1. The number of carbonyl (C=O) groups is 3. The smallest absolute Gasteiger partial charge is 0.294 e. The van der Waals surface area contributed by atoms with Crippen molar-refractivity contribution in [2.24, 2.45) is 5.73 Å². The fourth-order valence-electron chi connectivity index (χ4n) is 2.77. The van der Waals surface area contributed by atoms with E-state index in [-0.39, 0.29) is 11.5 Å². The Kier molecular flexibility index (Phi) is 7.48. The molecule has 2 aromatic carbocycles. The highest BCUT2D eigenvalue weighted by Crippen LogP contribution is 2.35. The minimum absolute atomic E-state index is 0.143. The molecule has 2 N–H and O–H groups in total. The SMILES string of the molecule is CCOc1cc(/C=C2\SC(=O)N(CC(N)=O)C2=O)ccc1OCc1c(Cl)cccc1Cl. The number of nitrogens with zero attached hydrogens (tertiary/aromatic N) is 1. The predicted octanol–water partition coefficient (Wildman–Crippen LogP) is 4.49. The summed E-state index contributed by atoms with van der Waals surface area (Å²) in [5, 5.41) is 0.444. The monoisotopic (exact) mass is 480 g/mol. The van der Waals surface area contributed by atoms with E-state index in [0.717, 1.165) is 16.7 Å². The molecule has 0 atom stereocenters. The maximum atomic E-state index is 12.4. The summed E-state index contributed by atoms with van der Waals surface area (Å²) in [6.45, 7) is 1.91. The van der Waals surface area contributed by atoms with Crippen molar-refractivity contribution in [2.75, 3.05) is 13.2 Å². The van der Waals surface area contributed by atoms with Crippen LogP contribution < -0.4 is 15.2 Å². The minimum Gasteiger partial charge on any atom is -0.490 e. The van der Waals surface area contributed by atoms with Gasteiger partial charge >= 0.3 is 0 Å². The summed E-state index contributed by atoms with van der Waals surface area (Å²) >= 11 is 13.1. The molecule has 1 fully saturated rings. The van der Waals surface area contributed by atoms with Crippen LogP contribution >= 0.6 is 35.0 Å². The molecule has 0 unspecified atom stereocenters. The molecule has 1 aliphatic rings. The molecule has 0 bridgehead atoms. The zero-order valence-corrected chi connectivity index (χ0v) is 18.7. The number of thioether (sulfide) groups is 1. The third kappa shape index (κ3) is 5.52. The number of amides is 3. The summed E-state index contributed by atoms with van der Waals surface area (Å²) in [6, 6.07) is 10.3. The molecule has 162 valence electrons. The number of ether oxygens (including phenoxy) is 2. The summed E-state index contributed by atoms with van der Waals surface area (Å²) in [4.78, 5) is 36.4. The number of carbonyl (C=O) groups excluding carboxylic acids is 3. The van der Waals surface area contributed by atoms with Crippen LogP contribution in [0.1, 0.15) is 18.1 Å². The zero-order chi connectivity index (χ0) is 22.5. The Bertz CT molecular complexity index is 1050. The van der Waals surface area contributed by atoms with Crippen LogP contribution in [0.5, 0.6) is 11.5 Å². The topological polar surface area (TPSA) is 98.9 Å². The van der Waals surface area contributed by atoms with E-state index in [1.54, 1.807) is 42.5 Å². The van der Waals surface area contributed by atoms with E-state index in [2.05, 4.69) is 0 Å². The molecule has 3 rings (SSSR count). The Labute approximate surface area is 193 Å². The van der Waals surface area contributed by atoms with Crippen molar-refractivity contribution >= 4 is 58.1 Å². The molecular formula is C21H18Cl2N2O5S. The second-order valence-electron chi connectivity index (χ2n) is 6.36. The third-order valence-corrected chi connectivity index (χ3v) is 5.80. The maximum Gasteiger partial charge on any atom is 0.294 e. The van der Waals surface area contributed by atoms with Gasteiger partial charge in [-0.05, 0) is 54.6 Å². The molecule has 0 radical (unpaired) electrons. The zero-order valence-electron chi connectivity index (χ0n) is 16.4. The quantitative estimate of drug-likeness (QED) is 0.558. The maximum absolute atomic E-state index is 12.4. The summed E-state index contributed by atoms with van der Waals surface area (Å²) in [7, 11) is 0. The fraction of sp³-hybridized carbons (Fsp3) is 0.190. The largest absolute Gasteiger partial charge is 0.490 e. The van der Waals surface area contributed by atoms with E-state index in [9.17, 15) is 14.4 Å². The summed E-state index contributed by atoms with van der Waals surface area (Å²) in [5.74, 6) is -0.407. The Hall–Kier alpha value is -2.68. The van der Waals surface area contributed by atoms with Crippen molar-refractivity contribution in [1.82, 2.24) is 4.90 Å². The Morgan fingerprint density at radius 3 is 2.48 bits per heavy atom. The number of rotatable bonds is 8. The van der Waals surface area contributed by atoms with Crippen molar-refractivity contribution < 1.29 is 23.9 Å². The van der Waals surface area contributed by atoms with Crippen LogP contribution in [0.25, 0.3) is 6.08 Å². The Morgan fingerprint density at radius 1 is 1.13 bits per heavy atom. The summed E-state index contributed by atoms with van der Waals surface area (Å²) < 4.78 is 11.5. The van der Waals surface area contributed by atoms with Gasteiger partial charge in [-0.15, -0.1) is 0 Å². The molecule has 0 aromatic heterocycles. The summed E-state index contributed by atoms with van der Waals surface area (Å²) in [5.41, 5.74) is 6.37. The fourth-order valence-corrected chi connectivity index (χ4v) is 4.11. The van der Waals surface area contributed by atoms with E-state index in [1.165, 1.54) is 0 Å². The van der Waals surface area contributed by atoms with Crippen LogP contribution in [0.3, 0.4) is 0 Å². The molecular weight excluding hydrogens is 463 g/mol. The third-order valence-electron chi connectivity index (χ3n) is 4.19. The standard InChI is InChI=1S/C21H18Cl2N2O5S/c1-2-29-17-8-12(9-18-20(27)25(10-19(24)26)21(28)31-18)6-7-16(17)30-11-13-14(22)4-3-5-15(13)23/h3-9H,2,10-11H2,1H3,(H2,24,26)/b18-9-. The van der Waals surface area contributed by atoms with Crippen LogP contribution in [0.4, 0.5) is 4.79 Å². The lowest BCUT2D eigenvalue weighted by atomic mass is 10.1. The first kappa shape index (κ1) is 23.0. The minimum atomic E-state index is -0.762. The highest BCUT2D eigenvalue weighted by molar-refractivity contribution is 8.18. The average molecular weight is 481 g/mol. The first-order chi connectivity index (χ1) is 14.8. The number of hydrogen-bond donors (Lipinski definition) is 1. The van der Waals surface area contributed by atoms with Gasteiger partial charge < -0.3 is 15.2 Å². The van der Waals surface area contributed by atoms with Crippen molar-refractivity contribution in [3.63, 3.8) is 0 Å². The van der Waals surface area contributed by atoms with Gasteiger partial charge in [0, 0.05) is 15.6 Å². The van der Waals surface area contributed by atoms with E-state index >= 15 is 0 Å². The van der Waals surface area contributed by atoms with Crippen LogP contribution in [0.2, 0.25) is 10.0 Å². The van der Waals surface area contributed by atoms with E-state index in [0.29, 0.717) is 39.3 Å². The number of hydrogen-bond acceptors (Lipinski definition) is 6. The molecule has 7 nitrogen and oxygen atoms in total. The van der Waals surface area contributed by atoms with E-state index < -0.39 is 23.6 Å². The molecule has 31 heavy (non-hydrogen) atoms. The molecule has 3 amide bonds. The lowest BCUT2D eigenvalue weighted by Crippen LogP contribution is -2.36. The highest BCUT2D eigenvalue weighted by Gasteiger charge is 2.35. The molecule has 2 aromatic rings. The second-order valence-corrected chi connectivity index (χ2v) is 8.17. The number of benzene rings is 2. The van der Waals surface area contributed by atoms with Crippen molar-refractivity contribution in [3.8, 4) is 11.5 Å². The van der Waals surface area contributed by atoms with Crippen molar-refractivity contribution in [3.05, 3.63) is 62.5 Å². The molecule has 10 heteroatoms. The van der Waals surface area contributed by atoms with Gasteiger partial charge in [0.25, 0.3) is 11.1 Å². The molecule has 0 spiro atoms. The lowest BCUT2D eigenvalue weighted by Gasteiger charge is -2.14. The summed E-state index contributed by atoms with van der Waals surface area (Å²) in [6.07, 6.45) is 1.54. The first-order valence-corrected chi connectivity index (χ1v) is 10.7. The van der Waals surface area contributed by atoms with Crippen LogP contribution in [0.15, 0.2) is 41.3 Å². The van der Waals surface area contributed by atoms with Gasteiger partial charge in [-0.2, -0.15) is 0 Å². The first-order valence-electron chi connectivity index (χ1n) is 9.16. The molecule has 1 saturated heterocycles. The van der Waals surface area contributed by atoms with Gasteiger partial charge in [-0.3, -0.25) is 19.3 Å². The Balaban J connectivity index is 1.82. The van der Waals surface area contributed by atoms with E-state index in [4.69, 9.17) is 38.4 Å². The second kappa shape index (κ2) is 10.1. The number of halogens is 2. The van der Waals surface area contributed by atoms with Crippen LogP contribution in [-0.4, -0.2) is 35.1 Å². The Morgan fingerprint density at radius 2 is 1.84 bits per heavy atom. The van der Waals surface area contributed by atoms with Gasteiger partial charge in [0.05, 0.1) is 11.5 Å². The molecule has 1 aliphatic heterocycles. The number of imide groups is 1. The van der Waals surface area contributed by atoms with Gasteiger partial charge in [-0.25, -0.2) is 0 Å². The van der Waals surface area contributed by atoms with Gasteiger partial charge in [0.2, 0.25) is 5.91 Å². The van der Waals surface area contributed by atoms with Crippen molar-refractivity contribution in [2.45, 2.75) is 13.5 Å². The van der Waals surface area contributed by atoms with Gasteiger partial charge in [-0.1, -0.05) is 35.3 Å². The predicted molar refractivity (Wildman–Crippen MR) is 120 cm³/mol. The van der Waals surface area contributed by atoms with Gasteiger partial charge in [0.1, 0.15) is 13.2 Å². The average Bonchev–Trinajstić information content (AvgIpc) is 2.96. The molecule has 0 aliphatic carbocycles. The number of primary amides is 1. The van der Waals surface area contributed by atoms with Crippen LogP contribution in [0, 0.1) is 0 Å². The van der Waals surface area contributed by atoms with Crippen molar-refractivity contribution in [1.29, 1.82) is 0 Å².